The molecule has 0 saturated carbocycles. The first-order valence-electron chi connectivity index (χ1n) is 6.48. The molecule has 2 aromatic carbocycles. The van der Waals surface area contributed by atoms with Gasteiger partial charge in [-0.15, -0.1) is 11.3 Å². The number of aryl methyl sites for hydroxylation is 1. The van der Waals surface area contributed by atoms with E-state index in [0.29, 0.717) is 5.56 Å². The standard InChI is InChI=1S/C16H14N2O2S/c1-10-17-14-8-5-12(9-15(14)21-10)18-16(19)11-3-6-13(20-2)7-4-11/h3-9H,1-2H3,(H,18,19). The molecule has 0 atom stereocenters. The van der Waals surface area contributed by atoms with Crippen LogP contribution >= 0.6 is 11.3 Å². The Kier molecular flexibility index (Phi) is 3.58. The topological polar surface area (TPSA) is 51.2 Å². The van der Waals surface area contributed by atoms with Crippen LogP contribution in [0.3, 0.4) is 0 Å². The molecule has 0 aliphatic rings. The summed E-state index contributed by atoms with van der Waals surface area (Å²) in [4.78, 5) is 16.6. The zero-order valence-electron chi connectivity index (χ0n) is 11.7. The maximum atomic E-state index is 12.2. The van der Waals surface area contributed by atoms with Crippen LogP contribution in [0.1, 0.15) is 15.4 Å². The van der Waals surface area contributed by atoms with Crippen molar-refractivity contribution in [3.05, 3.63) is 53.0 Å². The third kappa shape index (κ3) is 2.87. The zero-order chi connectivity index (χ0) is 14.8. The molecule has 0 unspecified atom stereocenters. The first-order valence-corrected chi connectivity index (χ1v) is 7.30. The van der Waals surface area contributed by atoms with Crippen LogP contribution < -0.4 is 10.1 Å². The van der Waals surface area contributed by atoms with Gasteiger partial charge in [-0.3, -0.25) is 4.79 Å². The number of rotatable bonds is 3. The number of hydrogen-bond donors (Lipinski definition) is 1. The van der Waals surface area contributed by atoms with Crippen molar-refractivity contribution in [2.45, 2.75) is 6.92 Å². The fraction of sp³-hybridized carbons (Fsp3) is 0.125. The first-order chi connectivity index (χ1) is 10.2. The molecule has 1 aromatic heterocycles. The summed E-state index contributed by atoms with van der Waals surface area (Å²) in [5.41, 5.74) is 2.32. The number of anilines is 1. The molecule has 1 amide bonds. The summed E-state index contributed by atoms with van der Waals surface area (Å²) in [6.45, 7) is 1.97. The summed E-state index contributed by atoms with van der Waals surface area (Å²) in [5.74, 6) is 0.589. The third-order valence-electron chi connectivity index (χ3n) is 3.11. The van der Waals surface area contributed by atoms with E-state index < -0.39 is 0 Å². The van der Waals surface area contributed by atoms with Gasteiger partial charge in [-0.05, 0) is 49.4 Å². The number of nitrogens with one attached hydrogen (secondary N) is 1. The van der Waals surface area contributed by atoms with Crippen molar-refractivity contribution in [1.29, 1.82) is 0 Å². The van der Waals surface area contributed by atoms with Gasteiger partial charge < -0.3 is 10.1 Å². The quantitative estimate of drug-likeness (QED) is 0.798. The van der Waals surface area contributed by atoms with Crippen molar-refractivity contribution in [3.8, 4) is 5.75 Å². The summed E-state index contributed by atoms with van der Waals surface area (Å²) < 4.78 is 6.15. The van der Waals surface area contributed by atoms with Gasteiger partial charge >= 0.3 is 0 Å². The SMILES string of the molecule is COc1ccc(C(=O)Nc2ccc3nc(C)sc3c2)cc1. The Morgan fingerprint density at radius 1 is 1.19 bits per heavy atom. The highest BCUT2D eigenvalue weighted by molar-refractivity contribution is 7.18. The van der Waals surface area contributed by atoms with Crippen molar-refractivity contribution in [3.63, 3.8) is 0 Å². The molecule has 1 N–H and O–H groups in total. The lowest BCUT2D eigenvalue weighted by Crippen LogP contribution is -2.11. The van der Waals surface area contributed by atoms with Crippen LogP contribution in [-0.2, 0) is 0 Å². The maximum absolute atomic E-state index is 12.2. The van der Waals surface area contributed by atoms with Crippen LogP contribution in [0.25, 0.3) is 10.2 Å². The Hall–Kier alpha value is -2.40. The number of fused-ring (bicyclic) bond motifs is 1. The largest absolute Gasteiger partial charge is 0.497 e. The number of carbonyl (C=O) groups excluding carboxylic acids is 1. The van der Waals surface area contributed by atoms with E-state index in [0.717, 1.165) is 26.7 Å². The molecule has 3 aromatic rings. The van der Waals surface area contributed by atoms with Crippen LogP contribution in [0, 0.1) is 6.92 Å². The number of methoxy groups -OCH3 is 1. The van der Waals surface area contributed by atoms with Crippen LogP contribution in [-0.4, -0.2) is 18.0 Å². The lowest BCUT2D eigenvalue weighted by atomic mass is 10.2. The second-order valence-electron chi connectivity index (χ2n) is 4.60. The highest BCUT2D eigenvalue weighted by Gasteiger charge is 2.08. The number of benzene rings is 2. The lowest BCUT2D eigenvalue weighted by Gasteiger charge is -2.06. The summed E-state index contributed by atoms with van der Waals surface area (Å²) in [6.07, 6.45) is 0. The van der Waals surface area contributed by atoms with Crippen LogP contribution in [0.5, 0.6) is 5.75 Å². The normalized spacial score (nSPS) is 10.6. The molecule has 0 aliphatic carbocycles. The molecule has 106 valence electrons. The molecule has 0 fully saturated rings. The Labute approximate surface area is 126 Å². The lowest BCUT2D eigenvalue weighted by molar-refractivity contribution is 0.102. The van der Waals surface area contributed by atoms with E-state index in [-0.39, 0.29) is 5.91 Å². The summed E-state index contributed by atoms with van der Waals surface area (Å²) >= 11 is 1.62. The molecule has 0 spiro atoms. The Bertz CT molecular complexity index is 794. The summed E-state index contributed by atoms with van der Waals surface area (Å²) in [7, 11) is 1.60. The summed E-state index contributed by atoms with van der Waals surface area (Å²) in [6, 6.07) is 12.7. The highest BCUT2D eigenvalue weighted by atomic mass is 32.1. The van der Waals surface area contributed by atoms with Crippen molar-refractivity contribution in [2.24, 2.45) is 0 Å². The number of carbonyl (C=O) groups is 1. The Morgan fingerprint density at radius 2 is 1.95 bits per heavy atom. The van der Waals surface area contributed by atoms with E-state index in [1.165, 1.54) is 0 Å². The van der Waals surface area contributed by atoms with Gasteiger partial charge in [-0.2, -0.15) is 0 Å². The number of aromatic nitrogens is 1. The van der Waals surface area contributed by atoms with E-state index in [1.807, 2.05) is 25.1 Å². The van der Waals surface area contributed by atoms with Gasteiger partial charge in [0, 0.05) is 11.3 Å². The van der Waals surface area contributed by atoms with Crippen LogP contribution in [0.4, 0.5) is 5.69 Å². The molecule has 0 radical (unpaired) electrons. The van der Waals surface area contributed by atoms with Crippen LogP contribution in [0.2, 0.25) is 0 Å². The smallest absolute Gasteiger partial charge is 0.255 e. The van der Waals surface area contributed by atoms with E-state index in [9.17, 15) is 4.79 Å². The highest BCUT2D eigenvalue weighted by Crippen LogP contribution is 2.25. The van der Waals surface area contributed by atoms with E-state index in [4.69, 9.17) is 4.74 Å². The fourth-order valence-electron chi connectivity index (χ4n) is 2.06. The average Bonchev–Trinajstić information content (AvgIpc) is 2.86. The minimum absolute atomic E-state index is 0.141. The number of hydrogen-bond acceptors (Lipinski definition) is 4. The third-order valence-corrected chi connectivity index (χ3v) is 4.04. The van der Waals surface area contributed by atoms with Crippen molar-refractivity contribution < 1.29 is 9.53 Å². The second-order valence-corrected chi connectivity index (χ2v) is 5.83. The molecule has 0 bridgehead atoms. The molecule has 0 aliphatic heterocycles. The van der Waals surface area contributed by atoms with Gasteiger partial charge in [-0.25, -0.2) is 4.98 Å². The molecule has 1 heterocycles. The fourth-order valence-corrected chi connectivity index (χ4v) is 2.93. The predicted octanol–water partition coefficient (Wildman–Crippen LogP) is 3.87. The molecule has 21 heavy (non-hydrogen) atoms. The van der Waals surface area contributed by atoms with Gasteiger partial charge in [0.05, 0.1) is 22.3 Å². The van der Waals surface area contributed by atoms with Crippen molar-refractivity contribution in [2.75, 3.05) is 12.4 Å². The molecule has 0 saturated heterocycles. The first kappa shape index (κ1) is 13.6. The maximum Gasteiger partial charge on any atom is 0.255 e. The minimum atomic E-state index is -0.141. The second kappa shape index (κ2) is 5.54. The monoisotopic (exact) mass is 298 g/mol. The number of amides is 1. The summed E-state index contributed by atoms with van der Waals surface area (Å²) in [5, 5.41) is 3.91. The number of nitrogens with zero attached hydrogens (tertiary/aromatic N) is 1. The predicted molar refractivity (Wildman–Crippen MR) is 85.3 cm³/mol. The van der Waals surface area contributed by atoms with Crippen molar-refractivity contribution in [1.82, 2.24) is 4.98 Å². The molecule has 5 heteroatoms. The molecular weight excluding hydrogens is 284 g/mol. The number of ether oxygens (including phenoxy) is 1. The van der Waals surface area contributed by atoms with Gasteiger partial charge in [0.1, 0.15) is 5.75 Å². The van der Waals surface area contributed by atoms with E-state index in [2.05, 4.69) is 10.3 Å². The van der Waals surface area contributed by atoms with Crippen LogP contribution in [0.15, 0.2) is 42.5 Å². The molecular formula is C16H14N2O2S. The molecule has 3 rings (SSSR count). The van der Waals surface area contributed by atoms with Gasteiger partial charge in [0.15, 0.2) is 0 Å². The van der Waals surface area contributed by atoms with Gasteiger partial charge in [0.2, 0.25) is 0 Å². The minimum Gasteiger partial charge on any atom is -0.497 e. The number of thiazole rings is 1. The van der Waals surface area contributed by atoms with Crippen molar-refractivity contribution >= 4 is 33.1 Å². The van der Waals surface area contributed by atoms with Gasteiger partial charge in [0.25, 0.3) is 5.91 Å². The Balaban J connectivity index is 1.81. The van der Waals surface area contributed by atoms with E-state index >= 15 is 0 Å². The van der Waals surface area contributed by atoms with Gasteiger partial charge in [-0.1, -0.05) is 0 Å². The Morgan fingerprint density at radius 3 is 2.67 bits per heavy atom. The van der Waals surface area contributed by atoms with E-state index in [1.54, 1.807) is 42.7 Å². The zero-order valence-corrected chi connectivity index (χ0v) is 12.5. The molecule has 4 nitrogen and oxygen atoms in total. The average molecular weight is 298 g/mol.